The highest BCUT2D eigenvalue weighted by molar-refractivity contribution is 5.70. The molecule has 0 spiro atoms. The van der Waals surface area contributed by atoms with Crippen LogP contribution in [0.25, 0.3) is 0 Å². The van der Waals surface area contributed by atoms with E-state index in [4.69, 9.17) is 19.9 Å². The third kappa shape index (κ3) is 4.77. The van der Waals surface area contributed by atoms with Crippen LogP contribution in [0, 0.1) is 0 Å². The first kappa shape index (κ1) is 17.4. The van der Waals surface area contributed by atoms with Gasteiger partial charge < -0.3 is 19.9 Å². The number of nitrogens with two attached hydrogens (primary N) is 1. The first-order chi connectivity index (χ1) is 12.7. The molecule has 0 saturated heterocycles. The van der Waals surface area contributed by atoms with E-state index in [1.165, 1.54) is 0 Å². The molecule has 0 aliphatic heterocycles. The lowest BCUT2D eigenvalue weighted by atomic mass is 10.2. The molecular weight excluding hydrogens is 330 g/mol. The van der Waals surface area contributed by atoms with Gasteiger partial charge in [-0.2, -0.15) is 0 Å². The van der Waals surface area contributed by atoms with Crippen molar-refractivity contribution in [2.75, 3.05) is 0 Å². The van der Waals surface area contributed by atoms with E-state index in [0.29, 0.717) is 24.7 Å². The molecule has 0 unspecified atom stereocenters. The number of benzene rings is 3. The van der Waals surface area contributed by atoms with Crippen molar-refractivity contribution in [1.29, 1.82) is 0 Å². The van der Waals surface area contributed by atoms with Crippen LogP contribution in [0.1, 0.15) is 11.1 Å². The van der Waals surface area contributed by atoms with Crippen LogP contribution in [0.15, 0.2) is 78.9 Å². The molecule has 3 aromatic rings. The molecule has 0 heterocycles. The summed E-state index contributed by atoms with van der Waals surface area (Å²) in [5.74, 6) is 1.04. The van der Waals surface area contributed by atoms with Crippen molar-refractivity contribution in [1.82, 2.24) is 0 Å². The fraction of sp³-hybridized carbons (Fsp3) is 0.0952. The van der Waals surface area contributed by atoms with Crippen molar-refractivity contribution in [3.8, 4) is 17.2 Å². The fourth-order valence-corrected chi connectivity index (χ4v) is 2.41. The topological polar surface area (TPSA) is 70.8 Å². The smallest absolute Gasteiger partial charge is 0.410 e. The predicted octanol–water partition coefficient (Wildman–Crippen LogP) is 4.30. The molecule has 0 aliphatic rings. The predicted molar refractivity (Wildman–Crippen MR) is 98.2 cm³/mol. The number of primary amides is 1. The third-order valence-electron chi connectivity index (χ3n) is 3.62. The minimum Gasteiger partial charge on any atom is -0.485 e. The quantitative estimate of drug-likeness (QED) is 0.690. The van der Waals surface area contributed by atoms with E-state index in [2.05, 4.69) is 0 Å². The van der Waals surface area contributed by atoms with Gasteiger partial charge in [-0.1, -0.05) is 66.7 Å². The summed E-state index contributed by atoms with van der Waals surface area (Å²) in [6, 6.07) is 24.5. The summed E-state index contributed by atoms with van der Waals surface area (Å²) in [7, 11) is 0. The second-order valence-electron chi connectivity index (χ2n) is 5.55. The van der Waals surface area contributed by atoms with Gasteiger partial charge in [0.2, 0.25) is 5.75 Å². The average Bonchev–Trinajstić information content (AvgIpc) is 2.67. The van der Waals surface area contributed by atoms with Crippen molar-refractivity contribution in [3.63, 3.8) is 0 Å². The van der Waals surface area contributed by atoms with E-state index in [9.17, 15) is 4.79 Å². The van der Waals surface area contributed by atoms with E-state index >= 15 is 0 Å². The lowest BCUT2D eigenvalue weighted by Crippen LogP contribution is -2.17. The highest BCUT2D eigenvalue weighted by Gasteiger charge is 2.15. The van der Waals surface area contributed by atoms with E-state index in [-0.39, 0.29) is 5.75 Å². The minimum atomic E-state index is -0.908. The van der Waals surface area contributed by atoms with Gasteiger partial charge >= 0.3 is 6.09 Å². The first-order valence-corrected chi connectivity index (χ1v) is 8.16. The van der Waals surface area contributed by atoms with Gasteiger partial charge in [-0.15, -0.1) is 0 Å². The summed E-state index contributed by atoms with van der Waals surface area (Å²) >= 11 is 0. The molecular formula is C21H19NO4. The Morgan fingerprint density at radius 1 is 0.692 bits per heavy atom. The number of carbonyl (C=O) groups excluding carboxylic acids is 1. The second kappa shape index (κ2) is 8.58. The van der Waals surface area contributed by atoms with Crippen molar-refractivity contribution < 1.29 is 19.0 Å². The number of para-hydroxylation sites is 1. The summed E-state index contributed by atoms with van der Waals surface area (Å²) in [5.41, 5.74) is 7.16. The number of carbonyl (C=O) groups is 1. The van der Waals surface area contributed by atoms with Crippen LogP contribution >= 0.6 is 0 Å². The molecule has 0 radical (unpaired) electrons. The maximum absolute atomic E-state index is 11.2. The van der Waals surface area contributed by atoms with Gasteiger partial charge in [-0.05, 0) is 23.3 Å². The Morgan fingerprint density at radius 2 is 1.23 bits per heavy atom. The molecule has 26 heavy (non-hydrogen) atoms. The summed E-state index contributed by atoms with van der Waals surface area (Å²) in [6.07, 6.45) is -0.908. The van der Waals surface area contributed by atoms with Crippen molar-refractivity contribution in [2.45, 2.75) is 13.2 Å². The normalized spacial score (nSPS) is 10.2. The van der Waals surface area contributed by atoms with Gasteiger partial charge in [0, 0.05) is 0 Å². The van der Waals surface area contributed by atoms with Gasteiger partial charge in [0.15, 0.2) is 11.5 Å². The number of amides is 1. The van der Waals surface area contributed by atoms with Crippen molar-refractivity contribution >= 4 is 6.09 Å². The van der Waals surface area contributed by atoms with E-state index in [0.717, 1.165) is 11.1 Å². The molecule has 5 heteroatoms. The first-order valence-electron chi connectivity index (χ1n) is 8.16. The third-order valence-corrected chi connectivity index (χ3v) is 3.62. The molecule has 132 valence electrons. The zero-order chi connectivity index (χ0) is 18.2. The maximum Gasteiger partial charge on any atom is 0.410 e. The average molecular weight is 349 g/mol. The summed E-state index contributed by atoms with van der Waals surface area (Å²) in [5, 5.41) is 0. The lowest BCUT2D eigenvalue weighted by molar-refractivity contribution is 0.203. The van der Waals surface area contributed by atoms with Crippen LogP contribution < -0.4 is 19.9 Å². The van der Waals surface area contributed by atoms with E-state index in [1.54, 1.807) is 18.2 Å². The molecule has 3 aromatic carbocycles. The standard InChI is InChI=1S/C21H19NO4/c22-21(23)26-19-13-7-12-18(24-14-16-8-3-1-4-9-16)20(19)25-15-17-10-5-2-6-11-17/h1-13H,14-15H2,(H2,22,23). The number of ether oxygens (including phenoxy) is 3. The molecule has 0 bridgehead atoms. The number of rotatable bonds is 7. The summed E-state index contributed by atoms with van der Waals surface area (Å²) in [4.78, 5) is 11.2. The monoisotopic (exact) mass is 349 g/mol. The molecule has 0 aliphatic carbocycles. The molecule has 0 fully saturated rings. The lowest BCUT2D eigenvalue weighted by Gasteiger charge is -2.16. The van der Waals surface area contributed by atoms with Crippen LogP contribution in [0.3, 0.4) is 0 Å². The van der Waals surface area contributed by atoms with Gasteiger partial charge in [0.25, 0.3) is 0 Å². The highest BCUT2D eigenvalue weighted by atomic mass is 16.6. The van der Waals surface area contributed by atoms with Crippen LogP contribution in [-0.4, -0.2) is 6.09 Å². The largest absolute Gasteiger partial charge is 0.485 e. The molecule has 5 nitrogen and oxygen atoms in total. The molecule has 0 saturated carbocycles. The zero-order valence-electron chi connectivity index (χ0n) is 14.1. The van der Waals surface area contributed by atoms with Crippen LogP contribution in [0.4, 0.5) is 4.79 Å². The van der Waals surface area contributed by atoms with E-state index < -0.39 is 6.09 Å². The Hall–Kier alpha value is -3.47. The summed E-state index contributed by atoms with van der Waals surface area (Å²) < 4.78 is 16.8. The Bertz CT molecular complexity index is 850. The molecule has 2 N–H and O–H groups in total. The van der Waals surface area contributed by atoms with Gasteiger partial charge in [-0.25, -0.2) is 4.79 Å². The SMILES string of the molecule is NC(=O)Oc1cccc(OCc2ccccc2)c1OCc1ccccc1. The van der Waals surface area contributed by atoms with Gasteiger partial charge in [-0.3, -0.25) is 0 Å². The van der Waals surface area contributed by atoms with Crippen molar-refractivity contribution in [3.05, 3.63) is 90.0 Å². The van der Waals surface area contributed by atoms with Crippen molar-refractivity contribution in [2.24, 2.45) is 5.73 Å². The minimum absolute atomic E-state index is 0.221. The van der Waals surface area contributed by atoms with E-state index in [1.807, 2.05) is 60.7 Å². The Labute approximate surface area is 151 Å². The number of hydrogen-bond donors (Lipinski definition) is 1. The Balaban J connectivity index is 1.81. The second-order valence-corrected chi connectivity index (χ2v) is 5.55. The maximum atomic E-state index is 11.2. The van der Waals surface area contributed by atoms with Gasteiger partial charge in [0.1, 0.15) is 13.2 Å². The van der Waals surface area contributed by atoms with Crippen LogP contribution in [-0.2, 0) is 13.2 Å². The molecule has 0 aromatic heterocycles. The molecule has 3 rings (SSSR count). The van der Waals surface area contributed by atoms with Crippen LogP contribution in [0.5, 0.6) is 17.2 Å². The molecule has 1 amide bonds. The fourth-order valence-electron chi connectivity index (χ4n) is 2.41. The van der Waals surface area contributed by atoms with Crippen LogP contribution in [0.2, 0.25) is 0 Å². The molecule has 0 atom stereocenters. The zero-order valence-corrected chi connectivity index (χ0v) is 14.1. The summed E-state index contributed by atoms with van der Waals surface area (Å²) in [6.45, 7) is 0.671. The van der Waals surface area contributed by atoms with Gasteiger partial charge in [0.05, 0.1) is 0 Å². The Morgan fingerprint density at radius 3 is 1.81 bits per heavy atom. The Kier molecular flexibility index (Phi) is 5.72. The number of hydrogen-bond acceptors (Lipinski definition) is 4. The highest BCUT2D eigenvalue weighted by Crippen LogP contribution is 2.38.